The molecule has 0 spiro atoms. The maximum Gasteiger partial charge on any atom is 0.0638 e. The Morgan fingerprint density at radius 3 is 2.47 bits per heavy atom. The van der Waals surface area contributed by atoms with Crippen LogP contribution in [0.25, 0.3) is 0 Å². The fourth-order valence-electron chi connectivity index (χ4n) is 3.37. The lowest BCUT2D eigenvalue weighted by molar-refractivity contribution is 0.0102. The van der Waals surface area contributed by atoms with Crippen LogP contribution in [0.4, 0.5) is 0 Å². The molecule has 3 aliphatic rings. The van der Waals surface area contributed by atoms with Crippen molar-refractivity contribution in [3.05, 3.63) is 0 Å². The summed E-state index contributed by atoms with van der Waals surface area (Å²) in [4.78, 5) is 2.54. The van der Waals surface area contributed by atoms with Crippen LogP contribution in [-0.2, 0) is 9.47 Å². The molecular formula is C13H24N2O2. The molecule has 2 heterocycles. The molecule has 3 fully saturated rings. The van der Waals surface area contributed by atoms with E-state index in [2.05, 4.69) is 10.2 Å². The normalized spacial score (nSPS) is 36.7. The van der Waals surface area contributed by atoms with E-state index in [0.29, 0.717) is 12.1 Å². The molecule has 98 valence electrons. The van der Waals surface area contributed by atoms with Gasteiger partial charge < -0.3 is 14.8 Å². The van der Waals surface area contributed by atoms with Gasteiger partial charge in [0, 0.05) is 25.2 Å². The van der Waals surface area contributed by atoms with E-state index >= 15 is 0 Å². The zero-order valence-corrected chi connectivity index (χ0v) is 10.6. The molecule has 0 bridgehead atoms. The van der Waals surface area contributed by atoms with Crippen LogP contribution in [0.5, 0.6) is 0 Å². The predicted octanol–water partition coefficient (Wildman–Crippen LogP) is 0.618. The highest BCUT2D eigenvalue weighted by atomic mass is 16.5. The third-order valence-electron chi connectivity index (χ3n) is 4.37. The van der Waals surface area contributed by atoms with Crippen molar-refractivity contribution < 1.29 is 9.47 Å². The third kappa shape index (κ3) is 2.81. The van der Waals surface area contributed by atoms with Crippen molar-refractivity contribution in [2.75, 3.05) is 39.5 Å². The smallest absolute Gasteiger partial charge is 0.0638 e. The van der Waals surface area contributed by atoms with Crippen LogP contribution in [0.15, 0.2) is 0 Å². The maximum atomic E-state index is 5.69. The van der Waals surface area contributed by atoms with E-state index in [1.165, 1.54) is 25.7 Å². The third-order valence-corrected chi connectivity index (χ3v) is 4.37. The van der Waals surface area contributed by atoms with Crippen LogP contribution in [0.2, 0.25) is 0 Å². The van der Waals surface area contributed by atoms with Gasteiger partial charge in [0.2, 0.25) is 0 Å². The molecule has 3 rings (SSSR count). The van der Waals surface area contributed by atoms with Crippen molar-refractivity contribution in [2.45, 2.75) is 43.8 Å². The Kier molecular flexibility index (Phi) is 3.96. The molecule has 0 amide bonds. The van der Waals surface area contributed by atoms with Crippen LogP contribution < -0.4 is 5.32 Å². The molecular weight excluding hydrogens is 216 g/mol. The van der Waals surface area contributed by atoms with Gasteiger partial charge in [0.1, 0.15) is 0 Å². The molecule has 1 aliphatic carbocycles. The first-order chi connectivity index (χ1) is 8.43. The van der Waals surface area contributed by atoms with Gasteiger partial charge in [-0.2, -0.15) is 0 Å². The Morgan fingerprint density at radius 2 is 1.71 bits per heavy atom. The number of nitrogens with one attached hydrogen (secondary N) is 1. The van der Waals surface area contributed by atoms with Crippen molar-refractivity contribution in [2.24, 2.45) is 0 Å². The Hall–Kier alpha value is -0.160. The number of rotatable bonds is 3. The van der Waals surface area contributed by atoms with Gasteiger partial charge in [-0.05, 0) is 12.8 Å². The molecule has 2 atom stereocenters. The molecule has 1 N–H and O–H groups in total. The zero-order valence-electron chi connectivity index (χ0n) is 10.6. The van der Waals surface area contributed by atoms with Crippen LogP contribution in [0, 0.1) is 0 Å². The van der Waals surface area contributed by atoms with Crippen LogP contribution in [0.3, 0.4) is 0 Å². The maximum absolute atomic E-state index is 5.69. The van der Waals surface area contributed by atoms with E-state index in [1.807, 2.05) is 0 Å². The summed E-state index contributed by atoms with van der Waals surface area (Å²) in [5, 5.41) is 3.82. The van der Waals surface area contributed by atoms with E-state index in [1.54, 1.807) is 0 Å². The minimum Gasteiger partial charge on any atom is -0.379 e. The standard InChI is InChI=1S/C13H24N2O2/c1-2-4-11(3-1)14-12-9-17-10-13(12)15-5-7-16-8-6-15/h11-14H,1-10H2/t12-,13-/m0/s1. The number of hydrogen-bond donors (Lipinski definition) is 1. The summed E-state index contributed by atoms with van der Waals surface area (Å²) in [6.45, 7) is 5.68. The fourth-order valence-corrected chi connectivity index (χ4v) is 3.37. The van der Waals surface area contributed by atoms with Crippen LogP contribution >= 0.6 is 0 Å². The molecule has 1 saturated carbocycles. The molecule has 0 aromatic rings. The minimum atomic E-state index is 0.538. The van der Waals surface area contributed by atoms with Gasteiger partial charge in [0.05, 0.1) is 32.5 Å². The van der Waals surface area contributed by atoms with E-state index in [-0.39, 0.29) is 0 Å². The topological polar surface area (TPSA) is 33.7 Å². The van der Waals surface area contributed by atoms with Gasteiger partial charge in [-0.1, -0.05) is 12.8 Å². The molecule has 4 nitrogen and oxygen atoms in total. The predicted molar refractivity (Wildman–Crippen MR) is 66.2 cm³/mol. The van der Waals surface area contributed by atoms with Crippen molar-refractivity contribution >= 4 is 0 Å². The molecule has 17 heavy (non-hydrogen) atoms. The highest BCUT2D eigenvalue weighted by Crippen LogP contribution is 2.21. The summed E-state index contributed by atoms with van der Waals surface area (Å²) in [6.07, 6.45) is 5.50. The Bertz CT molecular complexity index is 238. The van der Waals surface area contributed by atoms with Crippen LogP contribution in [0.1, 0.15) is 25.7 Å². The van der Waals surface area contributed by atoms with E-state index < -0.39 is 0 Å². The second-order valence-corrected chi connectivity index (χ2v) is 5.51. The SMILES string of the molecule is C1CCC(N[C@H]2COC[C@@H]2N2CCOCC2)C1. The Morgan fingerprint density at radius 1 is 0.941 bits per heavy atom. The van der Waals surface area contributed by atoms with E-state index in [9.17, 15) is 0 Å². The summed E-state index contributed by atoms with van der Waals surface area (Å²) in [5.74, 6) is 0. The largest absolute Gasteiger partial charge is 0.379 e. The van der Waals surface area contributed by atoms with Gasteiger partial charge in [-0.25, -0.2) is 0 Å². The fraction of sp³-hybridized carbons (Fsp3) is 1.00. The first kappa shape index (κ1) is 11.9. The van der Waals surface area contributed by atoms with Gasteiger partial charge >= 0.3 is 0 Å². The summed E-state index contributed by atoms with van der Waals surface area (Å²) in [5.41, 5.74) is 0. The number of ether oxygens (including phenoxy) is 2. The lowest BCUT2D eigenvalue weighted by Gasteiger charge is -2.35. The first-order valence-electron chi connectivity index (χ1n) is 7.09. The van der Waals surface area contributed by atoms with Crippen molar-refractivity contribution in [1.29, 1.82) is 0 Å². The summed E-state index contributed by atoms with van der Waals surface area (Å²) < 4.78 is 11.1. The summed E-state index contributed by atoms with van der Waals surface area (Å²) >= 11 is 0. The molecule has 4 heteroatoms. The average molecular weight is 240 g/mol. The molecule has 0 radical (unpaired) electrons. The molecule has 0 aromatic heterocycles. The highest BCUT2D eigenvalue weighted by Gasteiger charge is 2.35. The van der Waals surface area contributed by atoms with Crippen LogP contribution in [-0.4, -0.2) is 62.5 Å². The van der Waals surface area contributed by atoms with Gasteiger partial charge in [-0.3, -0.25) is 4.90 Å². The number of hydrogen-bond acceptors (Lipinski definition) is 4. The zero-order chi connectivity index (χ0) is 11.5. The number of morpholine rings is 1. The Labute approximate surface area is 104 Å². The van der Waals surface area contributed by atoms with E-state index in [4.69, 9.17) is 9.47 Å². The van der Waals surface area contributed by atoms with Gasteiger partial charge in [0.15, 0.2) is 0 Å². The average Bonchev–Trinajstić information content (AvgIpc) is 3.02. The monoisotopic (exact) mass is 240 g/mol. The van der Waals surface area contributed by atoms with Crippen molar-refractivity contribution in [3.63, 3.8) is 0 Å². The molecule has 2 saturated heterocycles. The minimum absolute atomic E-state index is 0.538. The van der Waals surface area contributed by atoms with Gasteiger partial charge in [0.25, 0.3) is 0 Å². The Balaban J connectivity index is 1.54. The molecule has 0 aromatic carbocycles. The second kappa shape index (κ2) is 5.65. The molecule has 2 aliphatic heterocycles. The summed E-state index contributed by atoms with van der Waals surface area (Å²) in [7, 11) is 0. The lowest BCUT2D eigenvalue weighted by Crippen LogP contribution is -2.54. The van der Waals surface area contributed by atoms with Crippen molar-refractivity contribution in [3.8, 4) is 0 Å². The first-order valence-corrected chi connectivity index (χ1v) is 7.09. The highest BCUT2D eigenvalue weighted by molar-refractivity contribution is 4.92. The summed E-state index contributed by atoms with van der Waals surface area (Å²) in [6, 6.07) is 1.85. The van der Waals surface area contributed by atoms with Crippen molar-refractivity contribution in [1.82, 2.24) is 10.2 Å². The quantitative estimate of drug-likeness (QED) is 0.784. The second-order valence-electron chi connectivity index (χ2n) is 5.51. The number of nitrogens with zero attached hydrogens (tertiary/aromatic N) is 1. The van der Waals surface area contributed by atoms with Gasteiger partial charge in [-0.15, -0.1) is 0 Å². The molecule has 0 unspecified atom stereocenters. The van der Waals surface area contributed by atoms with E-state index in [0.717, 1.165) is 45.6 Å². The lowest BCUT2D eigenvalue weighted by atomic mass is 10.1.